The van der Waals surface area contributed by atoms with Crippen LogP contribution in [0.5, 0.6) is 0 Å². The van der Waals surface area contributed by atoms with Crippen molar-refractivity contribution in [3.63, 3.8) is 0 Å². The number of nitrogens with one attached hydrogen (secondary N) is 2. The van der Waals surface area contributed by atoms with Gasteiger partial charge in [-0.05, 0) is 52.3 Å². The highest BCUT2D eigenvalue weighted by molar-refractivity contribution is 7.98. The van der Waals surface area contributed by atoms with Crippen LogP contribution in [-0.2, 0) is 5.75 Å². The Kier molecular flexibility index (Phi) is 7.72. The molecule has 0 spiro atoms. The number of benzene rings is 1. The first kappa shape index (κ1) is 22.6. The minimum absolute atomic E-state index is 0.0325. The lowest BCUT2D eigenvalue weighted by Gasteiger charge is -2.33. The Morgan fingerprint density at radius 3 is 2.63 bits per heavy atom. The Morgan fingerprint density at radius 2 is 1.97 bits per heavy atom. The minimum Gasteiger partial charge on any atom is -0.350 e. The van der Waals surface area contributed by atoms with E-state index in [0.717, 1.165) is 54.2 Å². The molecule has 0 aliphatic carbocycles. The summed E-state index contributed by atoms with van der Waals surface area (Å²) in [6, 6.07) is 7.92. The first-order chi connectivity index (χ1) is 14.4. The Bertz CT molecular complexity index is 878. The van der Waals surface area contributed by atoms with Gasteiger partial charge in [0.15, 0.2) is 5.16 Å². The Hall–Kier alpha value is -2.12. The van der Waals surface area contributed by atoms with Gasteiger partial charge in [-0.1, -0.05) is 23.9 Å². The van der Waals surface area contributed by atoms with Crippen molar-refractivity contribution in [2.24, 2.45) is 0 Å². The molecule has 6 nitrogen and oxygen atoms in total. The summed E-state index contributed by atoms with van der Waals surface area (Å²) in [5, 5.41) is 3.75. The lowest BCUT2D eigenvalue weighted by molar-refractivity contribution is -0.898. The molecule has 3 rings (SSSR count). The summed E-state index contributed by atoms with van der Waals surface area (Å²) in [6.45, 7) is 16.0. The predicted octanol–water partition coefficient (Wildman–Crippen LogP) is 2.25. The van der Waals surface area contributed by atoms with Gasteiger partial charge in [-0.3, -0.25) is 4.79 Å². The number of likely N-dealkylation sites (N-methyl/N-ethyl adjacent to an activating group) is 1. The van der Waals surface area contributed by atoms with E-state index in [0.29, 0.717) is 5.56 Å². The Balaban J connectivity index is 1.70. The Labute approximate surface area is 184 Å². The van der Waals surface area contributed by atoms with Gasteiger partial charge in [0, 0.05) is 28.6 Å². The van der Waals surface area contributed by atoms with Gasteiger partial charge in [-0.15, -0.1) is 0 Å². The van der Waals surface area contributed by atoms with Gasteiger partial charge in [0.1, 0.15) is 5.82 Å². The molecule has 1 aromatic carbocycles. The number of carbonyl (C=O) groups is 1. The highest BCUT2D eigenvalue weighted by Crippen LogP contribution is 2.26. The van der Waals surface area contributed by atoms with Crippen molar-refractivity contribution in [3.05, 3.63) is 46.6 Å². The molecule has 7 heteroatoms. The van der Waals surface area contributed by atoms with E-state index in [-0.39, 0.29) is 11.9 Å². The number of aromatic nitrogens is 2. The van der Waals surface area contributed by atoms with Crippen LogP contribution in [0, 0.1) is 13.8 Å². The maximum absolute atomic E-state index is 12.3. The predicted molar refractivity (Wildman–Crippen MR) is 124 cm³/mol. The van der Waals surface area contributed by atoms with Crippen molar-refractivity contribution < 1.29 is 9.69 Å². The van der Waals surface area contributed by atoms with Gasteiger partial charge in [0.25, 0.3) is 5.91 Å². The van der Waals surface area contributed by atoms with Crippen molar-refractivity contribution in [3.8, 4) is 0 Å². The summed E-state index contributed by atoms with van der Waals surface area (Å²) in [6.07, 6.45) is 0. The lowest BCUT2D eigenvalue weighted by Crippen LogP contribution is -3.14. The summed E-state index contributed by atoms with van der Waals surface area (Å²) in [4.78, 5) is 26.0. The van der Waals surface area contributed by atoms with Gasteiger partial charge in [0.2, 0.25) is 0 Å². The van der Waals surface area contributed by atoms with Gasteiger partial charge >= 0.3 is 0 Å². The molecule has 0 radical (unpaired) electrons. The van der Waals surface area contributed by atoms with Crippen LogP contribution in [0.2, 0.25) is 0 Å². The third kappa shape index (κ3) is 5.73. The number of anilines is 1. The molecule has 2 aromatic rings. The maximum Gasteiger partial charge on any atom is 0.251 e. The van der Waals surface area contributed by atoms with E-state index in [9.17, 15) is 4.79 Å². The van der Waals surface area contributed by atoms with E-state index in [1.807, 2.05) is 38.1 Å². The number of amides is 1. The third-order valence-corrected chi connectivity index (χ3v) is 6.51. The molecule has 0 bridgehead atoms. The molecule has 0 atom stereocenters. The number of hydrogen-bond donors (Lipinski definition) is 2. The standard InChI is InChI=1S/C23H33N5OS/c1-6-27-10-12-28(13-11-27)21-17(4)18(5)25-23(26-21)30-15-19-8-7-9-20(14-19)22(29)24-16(2)3/h7-9,14,16H,6,10-13,15H2,1-5H3,(H,24,29)/p+1. The third-order valence-electron chi connectivity index (χ3n) is 5.59. The number of quaternary nitrogens is 1. The topological polar surface area (TPSA) is 62.6 Å². The molecule has 1 saturated heterocycles. The van der Waals surface area contributed by atoms with Crippen LogP contribution in [-0.4, -0.2) is 54.6 Å². The second-order valence-corrected chi connectivity index (χ2v) is 9.19. The van der Waals surface area contributed by atoms with Crippen molar-refractivity contribution in [1.82, 2.24) is 15.3 Å². The van der Waals surface area contributed by atoms with Crippen molar-refractivity contribution in [2.75, 3.05) is 37.6 Å². The number of aryl methyl sites for hydroxylation is 1. The summed E-state index contributed by atoms with van der Waals surface area (Å²) in [5.74, 6) is 1.78. The van der Waals surface area contributed by atoms with Gasteiger partial charge in [-0.25, -0.2) is 9.97 Å². The molecule has 162 valence electrons. The summed E-state index contributed by atoms with van der Waals surface area (Å²) in [7, 11) is 0. The zero-order valence-corrected chi connectivity index (χ0v) is 19.6. The van der Waals surface area contributed by atoms with E-state index in [1.165, 1.54) is 12.1 Å². The van der Waals surface area contributed by atoms with Crippen LogP contribution in [0.4, 0.5) is 5.82 Å². The second kappa shape index (κ2) is 10.3. The largest absolute Gasteiger partial charge is 0.350 e. The van der Waals surface area contributed by atoms with E-state index in [2.05, 4.69) is 31.0 Å². The highest BCUT2D eigenvalue weighted by atomic mass is 32.2. The van der Waals surface area contributed by atoms with Crippen molar-refractivity contribution in [1.29, 1.82) is 0 Å². The van der Waals surface area contributed by atoms with Crippen molar-refractivity contribution in [2.45, 2.75) is 51.6 Å². The molecule has 0 unspecified atom stereocenters. The molecule has 1 aliphatic rings. The highest BCUT2D eigenvalue weighted by Gasteiger charge is 2.22. The fraction of sp³-hybridized carbons (Fsp3) is 0.522. The monoisotopic (exact) mass is 428 g/mol. The Morgan fingerprint density at radius 1 is 1.23 bits per heavy atom. The maximum atomic E-state index is 12.3. The van der Waals surface area contributed by atoms with Crippen LogP contribution >= 0.6 is 11.8 Å². The summed E-state index contributed by atoms with van der Waals surface area (Å²) in [5.41, 5.74) is 4.00. The van der Waals surface area contributed by atoms with E-state index >= 15 is 0 Å². The summed E-state index contributed by atoms with van der Waals surface area (Å²) < 4.78 is 0. The molecule has 2 heterocycles. The van der Waals surface area contributed by atoms with Crippen LogP contribution in [0.3, 0.4) is 0 Å². The fourth-order valence-electron chi connectivity index (χ4n) is 3.65. The average Bonchev–Trinajstić information content (AvgIpc) is 2.74. The zero-order chi connectivity index (χ0) is 21.7. The fourth-order valence-corrected chi connectivity index (χ4v) is 4.47. The average molecular weight is 429 g/mol. The van der Waals surface area contributed by atoms with Gasteiger partial charge in [-0.2, -0.15) is 0 Å². The van der Waals surface area contributed by atoms with E-state index in [1.54, 1.807) is 16.7 Å². The van der Waals surface area contributed by atoms with Gasteiger partial charge in [0.05, 0.1) is 32.7 Å². The van der Waals surface area contributed by atoms with Crippen LogP contribution in [0.15, 0.2) is 29.4 Å². The smallest absolute Gasteiger partial charge is 0.251 e. The molecular weight excluding hydrogens is 394 g/mol. The second-order valence-electron chi connectivity index (χ2n) is 8.25. The van der Waals surface area contributed by atoms with Crippen LogP contribution in [0.1, 0.15) is 48.0 Å². The number of nitrogens with zero attached hydrogens (tertiary/aromatic N) is 3. The quantitative estimate of drug-likeness (QED) is 0.523. The number of piperazine rings is 1. The van der Waals surface area contributed by atoms with Crippen LogP contribution < -0.4 is 15.1 Å². The molecule has 1 amide bonds. The number of rotatable bonds is 7. The molecule has 2 N–H and O–H groups in total. The van der Waals surface area contributed by atoms with Gasteiger partial charge < -0.3 is 15.1 Å². The van der Waals surface area contributed by atoms with Crippen molar-refractivity contribution >= 4 is 23.5 Å². The first-order valence-electron chi connectivity index (χ1n) is 10.8. The first-order valence-corrected chi connectivity index (χ1v) is 11.8. The minimum atomic E-state index is -0.0325. The van der Waals surface area contributed by atoms with Crippen LogP contribution in [0.25, 0.3) is 0 Å². The van der Waals surface area contributed by atoms with E-state index < -0.39 is 0 Å². The molecule has 1 fully saturated rings. The molecule has 0 saturated carbocycles. The molecule has 1 aromatic heterocycles. The molecular formula is C23H34N5OS+. The lowest BCUT2D eigenvalue weighted by atomic mass is 10.1. The number of hydrogen-bond acceptors (Lipinski definition) is 5. The number of carbonyl (C=O) groups excluding carboxylic acids is 1. The number of thioether (sulfide) groups is 1. The normalized spacial score (nSPS) is 14.9. The molecule has 30 heavy (non-hydrogen) atoms. The summed E-state index contributed by atoms with van der Waals surface area (Å²) >= 11 is 1.63. The SMILES string of the molecule is CC[NH+]1CCN(c2nc(SCc3cccc(C(=O)NC(C)C)c3)nc(C)c2C)CC1. The van der Waals surface area contributed by atoms with E-state index in [4.69, 9.17) is 9.97 Å². The molecule has 1 aliphatic heterocycles. The zero-order valence-electron chi connectivity index (χ0n) is 18.8.